The van der Waals surface area contributed by atoms with Crippen LogP contribution in [0.1, 0.15) is 90.3 Å². The van der Waals surface area contributed by atoms with Crippen LogP contribution in [0.25, 0.3) is 10.4 Å². The molecule has 0 bridgehead atoms. The van der Waals surface area contributed by atoms with Gasteiger partial charge in [-0.2, -0.15) is 0 Å². The van der Waals surface area contributed by atoms with Gasteiger partial charge in [-0.3, -0.25) is 9.64 Å². The predicted molar refractivity (Wildman–Crippen MR) is 113 cm³/mol. The highest BCUT2D eigenvalue weighted by Gasteiger charge is 2.46. The van der Waals surface area contributed by atoms with Crippen LogP contribution in [0, 0.1) is 12.0 Å². The minimum atomic E-state index is -0.672. The number of hydrogen-bond donors (Lipinski definition) is 0. The third-order valence-electron chi connectivity index (χ3n) is 6.63. The monoisotopic (exact) mass is 363 g/mol. The minimum Gasteiger partial charge on any atom is -0.300 e. The highest BCUT2D eigenvalue weighted by Crippen LogP contribution is 2.46. The fourth-order valence-corrected chi connectivity index (χ4v) is 4.74. The number of rotatable bonds is 3. The van der Waals surface area contributed by atoms with Crippen LogP contribution in [0.2, 0.25) is 0 Å². The summed E-state index contributed by atoms with van der Waals surface area (Å²) in [5.74, 6) is 0.131. The van der Waals surface area contributed by atoms with Crippen LogP contribution in [0.5, 0.6) is 0 Å². The standard InChI is InChI=1S/C25H33NO/c1-23(2,3)17-11-12-18-19(16-24(4,5)20(18)15-17)21(26-7)22(27)25(6)13-9-8-10-14-25/h11-12,15-16,21H,8-10,13-14H2,1-6H3. The molecule has 2 heteroatoms. The Morgan fingerprint density at radius 2 is 1.74 bits per heavy atom. The van der Waals surface area contributed by atoms with E-state index in [4.69, 9.17) is 6.57 Å². The lowest BCUT2D eigenvalue weighted by Crippen LogP contribution is -2.37. The van der Waals surface area contributed by atoms with E-state index in [1.807, 2.05) is 0 Å². The number of nitrogens with zero attached hydrogens (tertiary/aromatic N) is 1. The lowest BCUT2D eigenvalue weighted by atomic mass is 9.70. The van der Waals surface area contributed by atoms with Gasteiger partial charge in [-0.25, -0.2) is 6.57 Å². The fraction of sp³-hybridized carbons (Fsp3) is 0.600. The highest BCUT2D eigenvalue weighted by molar-refractivity contribution is 6.03. The first-order chi connectivity index (χ1) is 12.5. The van der Waals surface area contributed by atoms with Gasteiger partial charge in [0.05, 0.1) is 0 Å². The second-order valence-corrected chi connectivity index (χ2v) is 10.3. The first kappa shape index (κ1) is 19.9. The van der Waals surface area contributed by atoms with Gasteiger partial charge in [0.15, 0.2) is 0 Å². The summed E-state index contributed by atoms with van der Waals surface area (Å²) in [6.45, 7) is 21.0. The van der Waals surface area contributed by atoms with Crippen LogP contribution in [0.4, 0.5) is 0 Å². The Morgan fingerprint density at radius 3 is 2.30 bits per heavy atom. The van der Waals surface area contributed by atoms with Crippen LogP contribution in [-0.2, 0) is 15.6 Å². The first-order valence-corrected chi connectivity index (χ1v) is 10.3. The molecule has 0 aliphatic heterocycles. The van der Waals surface area contributed by atoms with E-state index in [2.05, 4.69) is 70.7 Å². The molecule has 144 valence electrons. The van der Waals surface area contributed by atoms with E-state index in [0.717, 1.165) is 36.8 Å². The third kappa shape index (κ3) is 3.49. The van der Waals surface area contributed by atoms with E-state index in [1.54, 1.807) is 0 Å². The van der Waals surface area contributed by atoms with Crippen molar-refractivity contribution in [2.75, 3.05) is 0 Å². The maximum atomic E-state index is 13.4. The Balaban J connectivity index is 2.03. The molecule has 3 rings (SSSR count). The van der Waals surface area contributed by atoms with Gasteiger partial charge in [0, 0.05) is 16.4 Å². The molecule has 1 aromatic carbocycles. The van der Waals surface area contributed by atoms with Gasteiger partial charge in [-0.1, -0.05) is 85.1 Å². The number of hydrogen-bond acceptors (Lipinski definition) is 1. The maximum absolute atomic E-state index is 13.4. The third-order valence-corrected chi connectivity index (χ3v) is 6.63. The van der Waals surface area contributed by atoms with Gasteiger partial charge >= 0.3 is 6.04 Å². The number of fused-ring (bicyclic) bond motifs is 1. The van der Waals surface area contributed by atoms with Crippen molar-refractivity contribution in [3.05, 3.63) is 52.4 Å². The van der Waals surface area contributed by atoms with Crippen LogP contribution in [0.15, 0.2) is 24.3 Å². The smallest absolute Gasteiger partial charge is 0.300 e. The van der Waals surface area contributed by atoms with Gasteiger partial charge in [0.1, 0.15) is 0 Å². The summed E-state index contributed by atoms with van der Waals surface area (Å²) < 4.78 is 0. The molecule has 0 aromatic heterocycles. The quantitative estimate of drug-likeness (QED) is 0.563. The predicted octanol–water partition coefficient (Wildman–Crippen LogP) is 6.49. The lowest BCUT2D eigenvalue weighted by Gasteiger charge is -2.32. The SMILES string of the molecule is [C-]#[N+]C(C(=O)C1(C)CCCCC1)C1=CC(C)(C)c2cc(C(C)(C)C)ccc21. The number of ketones is 1. The number of Topliss-reactive ketones (excluding diaryl/α,β-unsaturated/α-hetero) is 1. The Bertz CT molecular complexity index is 823. The molecule has 1 unspecified atom stereocenters. The van der Waals surface area contributed by atoms with Crippen molar-refractivity contribution in [1.29, 1.82) is 0 Å². The molecule has 2 nitrogen and oxygen atoms in total. The number of carbonyl (C=O) groups is 1. The van der Waals surface area contributed by atoms with Gasteiger partial charge in [-0.05, 0) is 34.9 Å². The van der Waals surface area contributed by atoms with Crippen molar-refractivity contribution in [2.45, 2.75) is 90.5 Å². The second kappa shape index (κ2) is 6.62. The van der Waals surface area contributed by atoms with E-state index in [-0.39, 0.29) is 22.0 Å². The van der Waals surface area contributed by atoms with Gasteiger partial charge in [0.2, 0.25) is 5.78 Å². The van der Waals surface area contributed by atoms with E-state index >= 15 is 0 Å². The van der Waals surface area contributed by atoms with Crippen molar-refractivity contribution in [3.63, 3.8) is 0 Å². The zero-order valence-corrected chi connectivity index (χ0v) is 17.8. The molecule has 27 heavy (non-hydrogen) atoms. The van der Waals surface area contributed by atoms with Crippen molar-refractivity contribution >= 4 is 11.4 Å². The Hall–Kier alpha value is -1.88. The number of allylic oxidation sites excluding steroid dienone is 1. The first-order valence-electron chi connectivity index (χ1n) is 10.3. The molecule has 1 fully saturated rings. The van der Waals surface area contributed by atoms with Crippen molar-refractivity contribution < 1.29 is 4.79 Å². The average Bonchev–Trinajstić information content (AvgIpc) is 2.86. The second-order valence-electron chi connectivity index (χ2n) is 10.3. The van der Waals surface area contributed by atoms with Gasteiger partial charge in [-0.15, -0.1) is 0 Å². The lowest BCUT2D eigenvalue weighted by molar-refractivity contribution is -0.128. The number of benzene rings is 1. The summed E-state index contributed by atoms with van der Waals surface area (Å²) in [5.41, 5.74) is 4.17. The van der Waals surface area contributed by atoms with Crippen LogP contribution in [0.3, 0.4) is 0 Å². The average molecular weight is 364 g/mol. The maximum Gasteiger partial charge on any atom is 0.306 e. The molecule has 1 saturated carbocycles. The largest absolute Gasteiger partial charge is 0.306 e. The zero-order valence-electron chi connectivity index (χ0n) is 17.8. The molecule has 0 amide bonds. The molecular formula is C25H33NO. The van der Waals surface area contributed by atoms with E-state index in [0.29, 0.717) is 0 Å². The Labute approximate surface area is 164 Å². The topological polar surface area (TPSA) is 21.4 Å². The van der Waals surface area contributed by atoms with Crippen LogP contribution >= 0.6 is 0 Å². The summed E-state index contributed by atoms with van der Waals surface area (Å²) in [6, 6.07) is 5.92. The molecule has 1 atom stereocenters. The summed E-state index contributed by atoms with van der Waals surface area (Å²) in [5, 5.41) is 0. The fourth-order valence-electron chi connectivity index (χ4n) is 4.74. The van der Waals surface area contributed by atoms with Gasteiger partial charge in [0.25, 0.3) is 0 Å². The number of carbonyl (C=O) groups excluding carboxylic acids is 1. The van der Waals surface area contributed by atoms with Crippen molar-refractivity contribution in [1.82, 2.24) is 0 Å². The van der Waals surface area contributed by atoms with Crippen molar-refractivity contribution in [2.24, 2.45) is 5.41 Å². The van der Waals surface area contributed by atoms with E-state index < -0.39 is 6.04 Å². The molecule has 1 aromatic rings. The Kier molecular flexibility index (Phi) is 4.87. The molecular weight excluding hydrogens is 330 g/mol. The Morgan fingerprint density at radius 1 is 1.11 bits per heavy atom. The zero-order chi connectivity index (χ0) is 20.0. The molecule has 0 radical (unpaired) electrons. The summed E-state index contributed by atoms with van der Waals surface area (Å²) in [7, 11) is 0. The van der Waals surface area contributed by atoms with E-state index in [1.165, 1.54) is 17.5 Å². The summed E-state index contributed by atoms with van der Waals surface area (Å²) in [4.78, 5) is 17.3. The molecule has 2 aliphatic rings. The van der Waals surface area contributed by atoms with Crippen LogP contribution in [-0.4, -0.2) is 11.8 Å². The summed E-state index contributed by atoms with van der Waals surface area (Å²) >= 11 is 0. The van der Waals surface area contributed by atoms with Crippen LogP contribution < -0.4 is 0 Å². The molecule has 0 spiro atoms. The van der Waals surface area contributed by atoms with Gasteiger partial charge < -0.3 is 0 Å². The van der Waals surface area contributed by atoms with Crippen molar-refractivity contribution in [3.8, 4) is 0 Å². The summed E-state index contributed by atoms with van der Waals surface area (Å²) in [6.07, 6.45) is 7.43. The van der Waals surface area contributed by atoms with E-state index in [9.17, 15) is 4.79 Å². The molecule has 0 saturated heterocycles. The molecule has 2 aliphatic carbocycles. The normalized spacial score (nSPS) is 21.7. The minimum absolute atomic E-state index is 0.0818. The highest BCUT2D eigenvalue weighted by atomic mass is 16.1. The molecule has 0 N–H and O–H groups in total. The molecule has 0 heterocycles.